The predicted molar refractivity (Wildman–Crippen MR) is 21.6 cm³/mol. The van der Waals surface area contributed by atoms with Gasteiger partial charge >= 0.3 is 29.6 Å². The molecule has 0 spiro atoms. The summed E-state index contributed by atoms with van der Waals surface area (Å²) in [6, 6.07) is 0. The summed E-state index contributed by atoms with van der Waals surface area (Å²) in [6.45, 7) is 0. The van der Waals surface area contributed by atoms with Gasteiger partial charge < -0.3 is 9.90 Å². The molecule has 0 aromatic carbocycles. The van der Waals surface area contributed by atoms with E-state index in [1.165, 1.54) is 12.3 Å². The molecule has 0 radical (unpaired) electrons. The fourth-order valence-electron chi connectivity index (χ4n) is 0.270. The van der Waals surface area contributed by atoms with Gasteiger partial charge in [0, 0.05) is 6.20 Å². The average molecular weight is 119 g/mol. The zero-order chi connectivity index (χ0) is 5.28. The van der Waals surface area contributed by atoms with Crippen molar-refractivity contribution < 1.29 is 39.5 Å². The van der Waals surface area contributed by atoms with Crippen molar-refractivity contribution in [2.45, 2.75) is 0 Å². The van der Waals surface area contributed by atoms with E-state index in [4.69, 9.17) is 0 Å². The molecule has 0 atom stereocenters. The van der Waals surface area contributed by atoms with Crippen LogP contribution in [-0.4, -0.2) is 11.7 Å². The molecule has 0 saturated carbocycles. The molecule has 0 unspecified atom stereocenters. The second-order valence-electron chi connectivity index (χ2n) is 1.12. The summed E-state index contributed by atoms with van der Waals surface area (Å²) < 4.78 is 0. The van der Waals surface area contributed by atoms with Crippen LogP contribution in [-0.2, 0) is 4.79 Å². The van der Waals surface area contributed by atoms with Gasteiger partial charge in [0.05, 0.1) is 11.7 Å². The van der Waals surface area contributed by atoms with Crippen molar-refractivity contribution in [3.8, 4) is 0 Å². The Morgan fingerprint density at radius 3 is 2.25 bits per heavy atom. The summed E-state index contributed by atoms with van der Waals surface area (Å²) in [5.74, 6) is -1.21. The van der Waals surface area contributed by atoms with E-state index in [2.05, 4.69) is 4.99 Å². The third-order valence-corrected chi connectivity index (χ3v) is 0.655. The minimum atomic E-state index is -1.21. The van der Waals surface area contributed by atoms with E-state index in [1.807, 2.05) is 0 Å². The fraction of sp³-hybridized carbons (Fsp3) is 0. The zero-order valence-electron chi connectivity index (χ0n) is 4.42. The first-order chi connectivity index (χ1) is 3.30. The topological polar surface area (TPSA) is 52.5 Å². The molecule has 4 heteroatoms. The molecule has 1 heterocycles. The van der Waals surface area contributed by atoms with Gasteiger partial charge in [0.15, 0.2) is 0 Å². The van der Waals surface area contributed by atoms with Crippen molar-refractivity contribution >= 4 is 11.7 Å². The summed E-state index contributed by atoms with van der Waals surface area (Å²) in [6.07, 6.45) is 2.79. The molecule has 0 saturated heterocycles. The smallest absolute Gasteiger partial charge is 0.543 e. The van der Waals surface area contributed by atoms with Crippen molar-refractivity contribution in [1.82, 2.24) is 0 Å². The first-order valence-corrected chi connectivity index (χ1v) is 1.76. The van der Waals surface area contributed by atoms with Crippen molar-refractivity contribution in [3.05, 3.63) is 12.3 Å². The van der Waals surface area contributed by atoms with Crippen LogP contribution in [0.5, 0.6) is 0 Å². The van der Waals surface area contributed by atoms with E-state index in [-0.39, 0.29) is 35.3 Å². The van der Waals surface area contributed by atoms with Gasteiger partial charge in [-0.2, -0.15) is 0 Å². The zero-order valence-corrected chi connectivity index (χ0v) is 6.42. The van der Waals surface area contributed by atoms with Crippen LogP contribution in [0, 0.1) is 0 Å². The Morgan fingerprint density at radius 1 is 1.75 bits per heavy atom. The Bertz CT molecular complexity index is 161. The molecule has 0 amide bonds. The monoisotopic (exact) mass is 119 g/mol. The van der Waals surface area contributed by atoms with E-state index in [9.17, 15) is 9.90 Å². The number of carboxylic acid groups (broad SMARTS) is 1. The SMILES string of the molecule is O=C([O-])C1=NC=C1.[Na+]. The molecule has 8 heavy (non-hydrogen) atoms. The van der Waals surface area contributed by atoms with Crippen molar-refractivity contribution in [1.29, 1.82) is 0 Å². The Kier molecular flexibility index (Phi) is 2.97. The van der Waals surface area contributed by atoms with Crippen LogP contribution < -0.4 is 34.7 Å². The summed E-state index contributed by atoms with van der Waals surface area (Å²) >= 11 is 0. The van der Waals surface area contributed by atoms with E-state index in [0.717, 1.165) is 0 Å². The van der Waals surface area contributed by atoms with Gasteiger partial charge in [-0.25, -0.2) is 0 Å². The Morgan fingerprint density at radius 2 is 2.25 bits per heavy atom. The number of nitrogens with zero attached hydrogens (tertiary/aromatic N) is 1. The molecule has 0 N–H and O–H groups in total. The Balaban J connectivity index is 0.000000490. The van der Waals surface area contributed by atoms with Gasteiger partial charge in [-0.3, -0.25) is 4.99 Å². The maximum Gasteiger partial charge on any atom is 1.00 e. The normalized spacial score (nSPS) is 13.2. The molecule has 0 fully saturated rings. The Labute approximate surface area is 68.4 Å². The van der Waals surface area contributed by atoms with Crippen LogP contribution in [0.3, 0.4) is 0 Å². The van der Waals surface area contributed by atoms with E-state index in [0.29, 0.717) is 0 Å². The minimum Gasteiger partial charge on any atom is -0.543 e. The van der Waals surface area contributed by atoms with Crippen LogP contribution in [0.25, 0.3) is 0 Å². The molecule has 0 aliphatic carbocycles. The minimum absolute atomic E-state index is 0. The number of hydrogen-bond donors (Lipinski definition) is 0. The molecule has 1 aliphatic heterocycles. The van der Waals surface area contributed by atoms with Crippen molar-refractivity contribution in [2.24, 2.45) is 4.99 Å². The molecule has 0 bridgehead atoms. The number of carboxylic acids is 1. The fourth-order valence-corrected chi connectivity index (χ4v) is 0.270. The van der Waals surface area contributed by atoms with Crippen LogP contribution >= 0.6 is 0 Å². The summed E-state index contributed by atoms with van der Waals surface area (Å²) in [5, 5.41) is 9.69. The number of aliphatic carboxylic acids is 1. The first kappa shape index (κ1) is 7.88. The van der Waals surface area contributed by atoms with Gasteiger partial charge in [-0.15, -0.1) is 0 Å². The van der Waals surface area contributed by atoms with Gasteiger partial charge in [0.2, 0.25) is 0 Å². The predicted octanol–water partition coefficient (Wildman–Crippen LogP) is -4.29. The van der Waals surface area contributed by atoms with Crippen molar-refractivity contribution in [3.63, 3.8) is 0 Å². The van der Waals surface area contributed by atoms with E-state index < -0.39 is 5.97 Å². The average Bonchev–Trinajstić information content (AvgIpc) is 1.23. The maximum absolute atomic E-state index is 9.69. The van der Waals surface area contributed by atoms with Crippen molar-refractivity contribution in [2.75, 3.05) is 0 Å². The third kappa shape index (κ3) is 1.43. The molecule has 1 rings (SSSR count). The number of carbonyl (C=O) groups is 1. The summed E-state index contributed by atoms with van der Waals surface area (Å²) in [7, 11) is 0. The second-order valence-corrected chi connectivity index (χ2v) is 1.12. The number of hydrogen-bond acceptors (Lipinski definition) is 3. The van der Waals surface area contributed by atoms with E-state index >= 15 is 0 Å². The molecular weight excluding hydrogens is 117 g/mol. The number of rotatable bonds is 1. The molecule has 36 valence electrons. The quantitative estimate of drug-likeness (QED) is 0.328. The van der Waals surface area contributed by atoms with Crippen LogP contribution in [0.2, 0.25) is 0 Å². The standard InChI is InChI=1S/C4H3NO2.Na/c6-4(7)3-1-2-5-3;/h1-2H,(H,6,7);/q;+1/p-1. The molecule has 3 nitrogen and oxygen atoms in total. The Hall–Kier alpha value is -0.120. The summed E-state index contributed by atoms with van der Waals surface area (Å²) in [4.78, 5) is 13.0. The maximum atomic E-state index is 9.69. The van der Waals surface area contributed by atoms with Crippen LogP contribution in [0.15, 0.2) is 17.3 Å². The van der Waals surface area contributed by atoms with Crippen LogP contribution in [0.1, 0.15) is 0 Å². The van der Waals surface area contributed by atoms with Gasteiger partial charge in [-0.1, -0.05) is 0 Å². The first-order valence-electron chi connectivity index (χ1n) is 1.76. The van der Waals surface area contributed by atoms with Gasteiger partial charge in [0.1, 0.15) is 0 Å². The molecule has 0 aromatic rings. The molecular formula is C4H2NNaO2. The second kappa shape index (κ2) is 3.02. The summed E-state index contributed by atoms with van der Waals surface area (Å²) in [5.41, 5.74) is 0.0278. The number of aliphatic imine (C=N–C) groups is 1. The van der Waals surface area contributed by atoms with E-state index in [1.54, 1.807) is 0 Å². The molecule has 1 aliphatic rings. The van der Waals surface area contributed by atoms with Gasteiger partial charge in [0.25, 0.3) is 0 Å². The van der Waals surface area contributed by atoms with Crippen LogP contribution in [0.4, 0.5) is 0 Å². The number of carbonyl (C=O) groups excluding carboxylic acids is 1. The molecule has 0 aromatic heterocycles. The van der Waals surface area contributed by atoms with Gasteiger partial charge in [-0.05, 0) is 6.08 Å². The third-order valence-electron chi connectivity index (χ3n) is 0.655. The largest absolute Gasteiger partial charge is 1.00 e.